The summed E-state index contributed by atoms with van der Waals surface area (Å²) in [5, 5.41) is 7.12. The Balaban J connectivity index is 1.31. The molecular formula is C26H46N6. The number of likely N-dealkylation sites (tertiary alicyclic amines) is 1. The van der Waals surface area contributed by atoms with Crippen molar-refractivity contribution in [3.8, 4) is 0 Å². The number of hydrogen-bond donors (Lipinski definition) is 2. The minimum atomic E-state index is 0.561. The number of aliphatic imine (C=N–C) groups is 1. The van der Waals surface area contributed by atoms with Crippen LogP contribution in [0.2, 0.25) is 0 Å². The molecule has 0 bridgehead atoms. The van der Waals surface area contributed by atoms with Crippen molar-refractivity contribution in [2.75, 3.05) is 70.3 Å². The number of unbranched alkanes of at least 4 members (excludes halogenated alkanes) is 1. The number of piperazine rings is 1. The molecule has 2 aliphatic rings. The second kappa shape index (κ2) is 13.7. The largest absolute Gasteiger partial charge is 0.369 e. The Hall–Kier alpha value is -1.79. The number of rotatable bonds is 10. The van der Waals surface area contributed by atoms with Crippen LogP contribution < -0.4 is 15.5 Å². The van der Waals surface area contributed by atoms with E-state index in [2.05, 4.69) is 70.4 Å². The zero-order valence-electron chi connectivity index (χ0n) is 20.8. The number of nitrogens with zero attached hydrogens (tertiary/aromatic N) is 4. The molecule has 2 fully saturated rings. The number of aryl methyl sites for hydroxylation is 1. The van der Waals surface area contributed by atoms with Crippen LogP contribution in [0.1, 0.15) is 51.5 Å². The van der Waals surface area contributed by atoms with E-state index < -0.39 is 0 Å². The van der Waals surface area contributed by atoms with Gasteiger partial charge >= 0.3 is 0 Å². The first kappa shape index (κ1) is 24.8. The third kappa shape index (κ3) is 8.28. The van der Waals surface area contributed by atoms with Crippen LogP contribution in [0.5, 0.6) is 0 Å². The Morgan fingerprint density at radius 2 is 1.72 bits per heavy atom. The van der Waals surface area contributed by atoms with Gasteiger partial charge in [-0.1, -0.05) is 19.1 Å². The van der Waals surface area contributed by atoms with Gasteiger partial charge in [-0.15, -0.1) is 0 Å². The van der Waals surface area contributed by atoms with Crippen LogP contribution in [0.3, 0.4) is 0 Å². The Bertz CT molecular complexity index is 675. The smallest absolute Gasteiger partial charge is 0.191 e. The van der Waals surface area contributed by atoms with E-state index in [0.29, 0.717) is 6.04 Å². The van der Waals surface area contributed by atoms with Crippen LogP contribution in [0.15, 0.2) is 29.3 Å². The molecular weight excluding hydrogens is 396 g/mol. The summed E-state index contributed by atoms with van der Waals surface area (Å²) in [5.41, 5.74) is 2.72. The molecule has 3 rings (SSSR count). The maximum Gasteiger partial charge on any atom is 0.191 e. The average molecular weight is 443 g/mol. The van der Waals surface area contributed by atoms with E-state index in [1.807, 2.05) is 0 Å². The summed E-state index contributed by atoms with van der Waals surface area (Å²) in [6, 6.07) is 9.45. The van der Waals surface area contributed by atoms with Crippen molar-refractivity contribution in [1.29, 1.82) is 0 Å². The third-order valence-electron chi connectivity index (χ3n) is 6.70. The maximum atomic E-state index is 4.86. The molecule has 180 valence electrons. The van der Waals surface area contributed by atoms with Gasteiger partial charge in [-0.2, -0.15) is 0 Å². The first-order chi connectivity index (χ1) is 15.7. The Morgan fingerprint density at radius 3 is 2.41 bits per heavy atom. The van der Waals surface area contributed by atoms with Crippen molar-refractivity contribution in [2.45, 2.75) is 58.9 Å². The lowest BCUT2D eigenvalue weighted by molar-refractivity contribution is 0.206. The molecule has 6 nitrogen and oxygen atoms in total. The molecule has 0 aromatic heterocycles. The monoisotopic (exact) mass is 442 g/mol. The number of nitrogens with one attached hydrogen (secondary N) is 2. The first-order valence-corrected chi connectivity index (χ1v) is 13.0. The zero-order valence-corrected chi connectivity index (χ0v) is 20.8. The van der Waals surface area contributed by atoms with Gasteiger partial charge in [0.05, 0.1) is 0 Å². The van der Waals surface area contributed by atoms with Crippen LogP contribution in [-0.4, -0.2) is 87.2 Å². The van der Waals surface area contributed by atoms with Gasteiger partial charge in [0.25, 0.3) is 0 Å². The summed E-state index contributed by atoms with van der Waals surface area (Å²) in [7, 11) is 0. The van der Waals surface area contributed by atoms with Gasteiger partial charge < -0.3 is 20.4 Å². The van der Waals surface area contributed by atoms with Crippen molar-refractivity contribution in [3.05, 3.63) is 29.8 Å². The molecule has 2 heterocycles. The SMILES string of the molecule is CCCN1CCC(NC(=NCCCCN2CCN(c3cccc(C)c3)CC2)NCC)CC1. The Morgan fingerprint density at radius 1 is 0.969 bits per heavy atom. The highest BCUT2D eigenvalue weighted by molar-refractivity contribution is 5.80. The van der Waals surface area contributed by atoms with E-state index in [0.717, 1.165) is 51.6 Å². The molecule has 2 aliphatic heterocycles. The predicted molar refractivity (Wildman–Crippen MR) is 138 cm³/mol. The van der Waals surface area contributed by atoms with Crippen molar-refractivity contribution in [3.63, 3.8) is 0 Å². The number of benzene rings is 1. The number of hydrogen-bond acceptors (Lipinski definition) is 4. The Kier molecular flexibility index (Phi) is 10.6. The summed E-state index contributed by atoms with van der Waals surface area (Å²) in [6.45, 7) is 17.9. The van der Waals surface area contributed by atoms with Gasteiger partial charge in [-0.3, -0.25) is 9.89 Å². The Labute approximate surface area is 196 Å². The van der Waals surface area contributed by atoms with E-state index in [1.165, 1.54) is 63.1 Å². The highest BCUT2D eigenvalue weighted by Crippen LogP contribution is 2.18. The standard InChI is InChI=1S/C26H46N6/c1-4-14-30-16-11-24(12-17-30)29-26(27-5-2)28-13-6-7-15-31-18-20-32(21-19-31)25-10-8-9-23(3)22-25/h8-10,22,24H,4-7,11-21H2,1-3H3,(H2,27,28,29). The van der Waals surface area contributed by atoms with Crippen molar-refractivity contribution >= 4 is 11.6 Å². The van der Waals surface area contributed by atoms with Gasteiger partial charge in [0, 0.05) is 64.1 Å². The fourth-order valence-corrected chi connectivity index (χ4v) is 4.82. The summed E-state index contributed by atoms with van der Waals surface area (Å²) >= 11 is 0. The van der Waals surface area contributed by atoms with Crippen molar-refractivity contribution < 1.29 is 0 Å². The maximum absolute atomic E-state index is 4.86. The lowest BCUT2D eigenvalue weighted by Crippen LogP contribution is -2.48. The van der Waals surface area contributed by atoms with Crippen LogP contribution >= 0.6 is 0 Å². The van der Waals surface area contributed by atoms with Crippen LogP contribution in [0.25, 0.3) is 0 Å². The van der Waals surface area contributed by atoms with E-state index >= 15 is 0 Å². The normalized spacial score (nSPS) is 19.3. The lowest BCUT2D eigenvalue weighted by atomic mass is 10.1. The van der Waals surface area contributed by atoms with Gasteiger partial charge in [-0.25, -0.2) is 0 Å². The summed E-state index contributed by atoms with van der Waals surface area (Å²) < 4.78 is 0. The second-order valence-corrected chi connectivity index (χ2v) is 9.40. The van der Waals surface area contributed by atoms with Gasteiger partial charge in [0.2, 0.25) is 0 Å². The summed E-state index contributed by atoms with van der Waals surface area (Å²) in [4.78, 5) is 12.6. The predicted octanol–water partition coefficient (Wildman–Crippen LogP) is 3.33. The molecule has 1 aromatic rings. The molecule has 0 radical (unpaired) electrons. The molecule has 0 atom stereocenters. The van der Waals surface area contributed by atoms with Crippen LogP contribution in [0.4, 0.5) is 5.69 Å². The highest BCUT2D eigenvalue weighted by Gasteiger charge is 2.19. The average Bonchev–Trinajstić information content (AvgIpc) is 2.81. The fraction of sp³-hybridized carbons (Fsp3) is 0.731. The minimum Gasteiger partial charge on any atom is -0.369 e. The third-order valence-corrected chi connectivity index (χ3v) is 6.70. The topological polar surface area (TPSA) is 46.1 Å². The molecule has 1 aromatic carbocycles. The highest BCUT2D eigenvalue weighted by atomic mass is 15.3. The van der Waals surface area contributed by atoms with Crippen molar-refractivity contribution in [2.24, 2.45) is 4.99 Å². The number of piperidine rings is 1. The molecule has 0 spiro atoms. The lowest BCUT2D eigenvalue weighted by Gasteiger charge is -2.36. The second-order valence-electron chi connectivity index (χ2n) is 9.40. The van der Waals surface area contributed by atoms with E-state index in [4.69, 9.17) is 4.99 Å². The minimum absolute atomic E-state index is 0.561. The molecule has 0 amide bonds. The molecule has 2 saturated heterocycles. The molecule has 0 aliphatic carbocycles. The van der Waals surface area contributed by atoms with E-state index in [9.17, 15) is 0 Å². The van der Waals surface area contributed by atoms with E-state index in [1.54, 1.807) is 0 Å². The number of anilines is 1. The van der Waals surface area contributed by atoms with Gasteiger partial charge in [0.1, 0.15) is 0 Å². The number of guanidine groups is 1. The van der Waals surface area contributed by atoms with E-state index in [-0.39, 0.29) is 0 Å². The molecule has 0 unspecified atom stereocenters. The van der Waals surface area contributed by atoms with Gasteiger partial charge in [-0.05, 0) is 76.7 Å². The first-order valence-electron chi connectivity index (χ1n) is 13.0. The molecule has 6 heteroatoms. The zero-order chi connectivity index (χ0) is 22.6. The van der Waals surface area contributed by atoms with Crippen LogP contribution in [0, 0.1) is 6.92 Å². The quantitative estimate of drug-likeness (QED) is 0.331. The fourth-order valence-electron chi connectivity index (χ4n) is 4.82. The summed E-state index contributed by atoms with van der Waals surface area (Å²) in [5.74, 6) is 1.01. The summed E-state index contributed by atoms with van der Waals surface area (Å²) in [6.07, 6.45) is 6.08. The van der Waals surface area contributed by atoms with Gasteiger partial charge in [0.15, 0.2) is 5.96 Å². The van der Waals surface area contributed by atoms with Crippen LogP contribution in [-0.2, 0) is 0 Å². The van der Waals surface area contributed by atoms with Crippen molar-refractivity contribution in [1.82, 2.24) is 20.4 Å². The molecule has 32 heavy (non-hydrogen) atoms. The molecule has 2 N–H and O–H groups in total. The molecule has 0 saturated carbocycles.